The quantitative estimate of drug-likeness (QED) is 0.280. The van der Waals surface area contributed by atoms with Gasteiger partial charge in [-0.05, 0) is 151 Å². The Hall–Kier alpha value is -1.61. The average Bonchev–Trinajstić information content (AvgIpc) is 3.29. The van der Waals surface area contributed by atoms with Gasteiger partial charge in [-0.3, -0.25) is 4.90 Å². The highest BCUT2D eigenvalue weighted by molar-refractivity contribution is 7.60. The van der Waals surface area contributed by atoms with E-state index in [9.17, 15) is 0 Å². The molecule has 7 aliphatic carbocycles. The van der Waals surface area contributed by atoms with Crippen molar-refractivity contribution in [3.63, 3.8) is 0 Å². The van der Waals surface area contributed by atoms with Gasteiger partial charge < -0.3 is 14.5 Å². The van der Waals surface area contributed by atoms with Gasteiger partial charge in [-0.2, -0.15) is 0 Å². The van der Waals surface area contributed by atoms with Gasteiger partial charge in [-0.15, -0.1) is 0 Å². The standard InChI is InChI=1S/C60H88N3OP/c1-58(2,3)37-22-27-40(28-23-37)61-47-32-35-16-10-12-18-42(35)50-55(47)65-56-48(61)33-36-17-11-13-19-43(36)51(56)63-46-31-26-39(60(7,8)9)34-49(46)64-54-45-21-15-14-20-44(45)52(57(65)53(54)63)62(50)41-29-24-38(25-30-41)59(4,5)6/h22-25,27-30,35-36,39,42-57H,10-21,26,31-34H2,1-9H3. The first-order chi connectivity index (χ1) is 31.2. The van der Waals surface area contributed by atoms with Crippen molar-refractivity contribution in [2.75, 3.05) is 9.80 Å². The molecule has 4 aliphatic heterocycles. The van der Waals surface area contributed by atoms with Crippen molar-refractivity contribution in [3.05, 3.63) is 59.7 Å². The maximum atomic E-state index is 8.13. The van der Waals surface area contributed by atoms with Crippen molar-refractivity contribution >= 4 is 19.3 Å². The summed E-state index contributed by atoms with van der Waals surface area (Å²) in [5.41, 5.74) is 9.21. The molecule has 0 amide bonds. The van der Waals surface area contributed by atoms with Crippen LogP contribution >= 0.6 is 7.92 Å². The van der Waals surface area contributed by atoms with Crippen LogP contribution in [0.15, 0.2) is 48.5 Å². The summed E-state index contributed by atoms with van der Waals surface area (Å²) in [6, 6.07) is 25.5. The lowest BCUT2D eigenvalue weighted by molar-refractivity contribution is -0.237. The summed E-state index contributed by atoms with van der Waals surface area (Å²) in [5.74, 6) is 5.67. The van der Waals surface area contributed by atoms with Gasteiger partial charge in [0.25, 0.3) is 0 Å². The Balaban J connectivity index is 1.05. The largest absolute Gasteiger partial charge is 0.371 e. The number of hydrogen-bond acceptors (Lipinski definition) is 4. The van der Waals surface area contributed by atoms with E-state index >= 15 is 0 Å². The zero-order chi connectivity index (χ0) is 44.5. The molecule has 11 aliphatic rings. The van der Waals surface area contributed by atoms with Crippen LogP contribution in [-0.2, 0) is 15.6 Å². The summed E-state index contributed by atoms with van der Waals surface area (Å²) in [6.07, 6.45) is 25.2. The summed E-state index contributed by atoms with van der Waals surface area (Å²) in [6.45, 7) is 22.1. The van der Waals surface area contributed by atoms with Crippen molar-refractivity contribution in [3.8, 4) is 0 Å². The number of anilines is 2. The van der Waals surface area contributed by atoms with Gasteiger partial charge in [0.2, 0.25) is 0 Å². The third-order valence-electron chi connectivity index (χ3n) is 22.0. The molecule has 4 heterocycles. The fraction of sp³-hybridized carbons (Fsp3) is 0.800. The highest BCUT2D eigenvalue weighted by Gasteiger charge is 2.76. The molecular formula is C60H88N3OP. The summed E-state index contributed by atoms with van der Waals surface area (Å²) in [7, 11) is -0.246. The third-order valence-corrected chi connectivity index (χ3v) is 26.0. The number of hydrogen-bond donors (Lipinski definition) is 0. The Kier molecular flexibility index (Phi) is 10.3. The lowest BCUT2D eigenvalue weighted by Crippen LogP contribution is -2.87. The Bertz CT molecular complexity index is 2080. The fourth-order valence-corrected chi connectivity index (χ4v) is 24.7. The zero-order valence-electron chi connectivity index (χ0n) is 42.3. The van der Waals surface area contributed by atoms with E-state index in [1.165, 1.54) is 120 Å². The Labute approximate surface area is 397 Å². The number of ether oxygens (including phenoxy) is 1. The van der Waals surface area contributed by atoms with Gasteiger partial charge in [0, 0.05) is 70.6 Å². The highest BCUT2D eigenvalue weighted by Crippen LogP contribution is 2.77. The van der Waals surface area contributed by atoms with Gasteiger partial charge in [-0.1, -0.05) is 146 Å². The first kappa shape index (κ1) is 43.4. The van der Waals surface area contributed by atoms with E-state index in [2.05, 4.69) is 126 Å². The molecule has 20 unspecified atom stereocenters. The van der Waals surface area contributed by atoms with Crippen LogP contribution in [0.5, 0.6) is 0 Å². The SMILES string of the molecule is CC(C)(C)c1ccc(N2C3CC4CCCCC4C4C3P3C5C2CC2CCCCC2C5N2C5CCC(C(C)(C)C)CC5OC5C6CCCCC6C(C3C52)N4c2ccc(C(C)(C)C)cc2)cc1. The van der Waals surface area contributed by atoms with Crippen LogP contribution in [0.4, 0.5) is 11.4 Å². The summed E-state index contributed by atoms with van der Waals surface area (Å²) < 4.78 is 8.13. The molecule has 2 aromatic rings. The van der Waals surface area contributed by atoms with Gasteiger partial charge in [-0.25, -0.2) is 0 Å². The molecule has 7 saturated carbocycles. The molecule has 0 N–H and O–H groups in total. The number of benzene rings is 2. The Morgan fingerprint density at radius 3 is 1.52 bits per heavy atom. The van der Waals surface area contributed by atoms with Crippen molar-refractivity contribution in [1.82, 2.24) is 4.90 Å². The first-order valence-electron chi connectivity index (χ1n) is 28.1. The smallest absolute Gasteiger partial charge is 0.0773 e. The molecule has 65 heavy (non-hydrogen) atoms. The van der Waals surface area contributed by atoms with Gasteiger partial charge in [0.1, 0.15) is 0 Å². The predicted molar refractivity (Wildman–Crippen MR) is 273 cm³/mol. The Morgan fingerprint density at radius 2 is 0.954 bits per heavy atom. The van der Waals surface area contributed by atoms with Gasteiger partial charge in [0.15, 0.2) is 0 Å². The van der Waals surface area contributed by atoms with Crippen LogP contribution in [0.3, 0.4) is 0 Å². The fourth-order valence-electron chi connectivity index (χ4n) is 19.3. The molecule has 5 heteroatoms. The van der Waals surface area contributed by atoms with Crippen LogP contribution in [0.25, 0.3) is 0 Å². The Morgan fingerprint density at radius 1 is 0.462 bits per heavy atom. The van der Waals surface area contributed by atoms with E-state index in [0.717, 1.165) is 58.5 Å². The molecule has 354 valence electrons. The summed E-state index contributed by atoms with van der Waals surface area (Å²) >= 11 is 0. The van der Waals surface area contributed by atoms with Crippen LogP contribution in [0.2, 0.25) is 0 Å². The van der Waals surface area contributed by atoms with E-state index in [-0.39, 0.29) is 18.8 Å². The molecule has 0 radical (unpaired) electrons. The minimum absolute atomic E-state index is 0.159. The van der Waals surface area contributed by atoms with Gasteiger partial charge in [0.05, 0.1) is 12.2 Å². The van der Waals surface area contributed by atoms with Crippen LogP contribution in [0, 0.1) is 46.8 Å². The van der Waals surface area contributed by atoms with E-state index in [4.69, 9.17) is 4.74 Å². The van der Waals surface area contributed by atoms with Crippen LogP contribution in [0.1, 0.15) is 183 Å². The maximum Gasteiger partial charge on any atom is 0.0773 e. The summed E-state index contributed by atoms with van der Waals surface area (Å²) in [4.78, 5) is 10.2. The number of rotatable bonds is 2. The molecule has 11 fully saturated rings. The van der Waals surface area contributed by atoms with Crippen LogP contribution < -0.4 is 9.80 Å². The van der Waals surface area contributed by atoms with E-state index in [0.29, 0.717) is 59.8 Å². The topological polar surface area (TPSA) is 19.0 Å². The summed E-state index contributed by atoms with van der Waals surface area (Å²) in [5, 5.41) is 0. The van der Waals surface area contributed by atoms with E-state index in [1.807, 2.05) is 0 Å². The highest BCUT2D eigenvalue weighted by atomic mass is 31.1. The number of nitrogens with zero attached hydrogens (tertiary/aromatic N) is 3. The number of fused-ring (bicyclic) bond motifs is 10. The lowest BCUT2D eigenvalue weighted by atomic mass is 9.58. The van der Waals surface area contributed by atoms with Crippen molar-refractivity contribution in [2.45, 2.75) is 254 Å². The minimum Gasteiger partial charge on any atom is -0.371 e. The molecule has 0 spiro atoms. The normalized spacial score (nSPS) is 46.5. The second kappa shape index (κ2) is 15.4. The lowest BCUT2D eigenvalue weighted by Gasteiger charge is -2.80. The molecule has 13 rings (SSSR count). The van der Waals surface area contributed by atoms with Crippen LogP contribution in [-0.4, -0.2) is 76.4 Å². The van der Waals surface area contributed by atoms with Crippen molar-refractivity contribution in [2.24, 2.45) is 46.8 Å². The van der Waals surface area contributed by atoms with Crippen molar-refractivity contribution < 1.29 is 4.74 Å². The molecule has 0 aromatic heterocycles. The molecule has 0 bridgehead atoms. The predicted octanol–water partition coefficient (Wildman–Crippen LogP) is 14.0. The molecule has 2 aromatic carbocycles. The maximum absolute atomic E-state index is 8.13. The van der Waals surface area contributed by atoms with E-state index in [1.54, 1.807) is 11.4 Å². The second-order valence-corrected chi connectivity index (χ2v) is 30.6. The van der Waals surface area contributed by atoms with E-state index < -0.39 is 0 Å². The van der Waals surface area contributed by atoms with Crippen molar-refractivity contribution in [1.29, 1.82) is 0 Å². The second-order valence-electron chi connectivity index (χ2n) is 28.0. The molecule has 4 saturated heterocycles. The molecule has 4 nitrogen and oxygen atoms in total. The third kappa shape index (κ3) is 6.55. The molecule has 20 atom stereocenters. The number of morpholine rings is 1. The monoisotopic (exact) mass is 898 g/mol. The first-order valence-corrected chi connectivity index (χ1v) is 29.7. The van der Waals surface area contributed by atoms with Gasteiger partial charge >= 0.3 is 0 Å². The average molecular weight is 898 g/mol. The minimum atomic E-state index is -0.246. The zero-order valence-corrected chi connectivity index (χ0v) is 43.2. The molecular weight excluding hydrogens is 810 g/mol.